The topological polar surface area (TPSA) is 67.4 Å². The van der Waals surface area contributed by atoms with Crippen LogP contribution in [0.1, 0.15) is 13.8 Å². The van der Waals surface area contributed by atoms with Crippen molar-refractivity contribution in [2.45, 2.75) is 13.8 Å². The smallest absolute Gasteiger partial charge is 0.406 e. The molecule has 0 fully saturated rings. The highest BCUT2D eigenvalue weighted by Gasteiger charge is 2.05. The Morgan fingerprint density at radius 3 is 2.23 bits per heavy atom. The zero-order chi connectivity index (χ0) is 10.3. The predicted molar refractivity (Wildman–Crippen MR) is 48.3 cm³/mol. The molecule has 0 saturated heterocycles. The van der Waals surface area contributed by atoms with E-state index in [0.29, 0.717) is 13.1 Å². The Morgan fingerprint density at radius 2 is 1.77 bits per heavy atom. The first-order chi connectivity index (χ1) is 6.07. The lowest BCUT2D eigenvalue weighted by molar-refractivity contribution is -0.123. The van der Waals surface area contributed by atoms with Gasteiger partial charge in [0, 0.05) is 19.0 Å². The van der Waals surface area contributed by atoms with E-state index in [9.17, 15) is 9.59 Å². The third-order valence-corrected chi connectivity index (χ3v) is 1.40. The van der Waals surface area contributed by atoms with Crippen molar-refractivity contribution in [3.05, 3.63) is 0 Å². The van der Waals surface area contributed by atoms with Gasteiger partial charge in [-0.3, -0.25) is 4.79 Å². The van der Waals surface area contributed by atoms with E-state index in [1.54, 1.807) is 0 Å². The molecule has 0 aromatic rings. The summed E-state index contributed by atoms with van der Waals surface area (Å²) in [6.07, 6.45) is -0.487. The maximum atomic E-state index is 11.0. The molecule has 76 valence electrons. The minimum Gasteiger partial charge on any atom is -0.453 e. The number of hydrogen-bond donors (Lipinski definition) is 2. The minimum atomic E-state index is -0.487. The molecule has 0 spiro atoms. The first-order valence-corrected chi connectivity index (χ1v) is 4.17. The molecule has 5 nitrogen and oxygen atoms in total. The molecule has 0 radical (unpaired) electrons. The van der Waals surface area contributed by atoms with Crippen molar-refractivity contribution >= 4 is 12.0 Å². The molecular weight excluding hydrogens is 172 g/mol. The van der Waals surface area contributed by atoms with Crippen molar-refractivity contribution in [1.29, 1.82) is 0 Å². The van der Waals surface area contributed by atoms with Crippen LogP contribution < -0.4 is 10.6 Å². The average Bonchev–Trinajstić information content (AvgIpc) is 2.11. The Labute approximate surface area is 77.8 Å². The molecule has 0 aromatic carbocycles. The number of amides is 2. The van der Waals surface area contributed by atoms with Gasteiger partial charge in [-0.05, 0) is 0 Å². The number of hydrogen-bond acceptors (Lipinski definition) is 3. The van der Waals surface area contributed by atoms with Crippen LogP contribution in [0.4, 0.5) is 4.79 Å². The Hall–Kier alpha value is -1.26. The summed E-state index contributed by atoms with van der Waals surface area (Å²) in [6, 6.07) is 0. The molecule has 0 aliphatic carbocycles. The molecule has 0 aliphatic rings. The van der Waals surface area contributed by atoms with E-state index in [1.807, 2.05) is 13.8 Å². The van der Waals surface area contributed by atoms with Crippen LogP contribution in [0.5, 0.6) is 0 Å². The van der Waals surface area contributed by atoms with Crippen LogP contribution in [0, 0.1) is 5.92 Å². The fourth-order valence-corrected chi connectivity index (χ4v) is 0.627. The van der Waals surface area contributed by atoms with Crippen molar-refractivity contribution in [3.63, 3.8) is 0 Å². The number of ether oxygens (including phenoxy) is 1. The standard InChI is InChI=1S/C8H16N2O3/c1-6(2)7(11)9-4-5-10-8(12)13-3/h6H,4-5H2,1-3H3,(H,9,11)(H,10,12). The molecule has 0 saturated carbocycles. The number of alkyl carbamates (subject to hydrolysis) is 1. The summed E-state index contributed by atoms with van der Waals surface area (Å²) in [5.41, 5.74) is 0. The molecule has 5 heteroatoms. The van der Waals surface area contributed by atoms with Gasteiger partial charge in [0.15, 0.2) is 0 Å². The van der Waals surface area contributed by atoms with Crippen molar-refractivity contribution in [2.24, 2.45) is 5.92 Å². The van der Waals surface area contributed by atoms with Crippen molar-refractivity contribution < 1.29 is 14.3 Å². The summed E-state index contributed by atoms with van der Waals surface area (Å²) in [4.78, 5) is 21.5. The molecule has 2 amide bonds. The van der Waals surface area contributed by atoms with Crippen LogP contribution in [-0.2, 0) is 9.53 Å². The lowest BCUT2D eigenvalue weighted by Gasteiger charge is -2.07. The van der Waals surface area contributed by atoms with Crippen LogP contribution in [-0.4, -0.2) is 32.2 Å². The zero-order valence-corrected chi connectivity index (χ0v) is 8.22. The second kappa shape index (κ2) is 6.28. The van der Waals surface area contributed by atoms with Crippen LogP contribution in [0.2, 0.25) is 0 Å². The number of nitrogens with one attached hydrogen (secondary N) is 2. The molecule has 2 N–H and O–H groups in total. The monoisotopic (exact) mass is 188 g/mol. The Kier molecular flexibility index (Phi) is 5.67. The van der Waals surface area contributed by atoms with Gasteiger partial charge in [-0.15, -0.1) is 0 Å². The summed E-state index contributed by atoms with van der Waals surface area (Å²) in [5.74, 6) is -0.0511. The van der Waals surface area contributed by atoms with Gasteiger partial charge in [-0.1, -0.05) is 13.8 Å². The largest absolute Gasteiger partial charge is 0.453 e. The van der Waals surface area contributed by atoms with Crippen molar-refractivity contribution in [3.8, 4) is 0 Å². The molecule has 0 bridgehead atoms. The summed E-state index contributed by atoms with van der Waals surface area (Å²) >= 11 is 0. The lowest BCUT2D eigenvalue weighted by Crippen LogP contribution is -2.36. The Bertz CT molecular complexity index is 180. The summed E-state index contributed by atoms with van der Waals surface area (Å²) in [5, 5.41) is 5.10. The van der Waals surface area contributed by atoms with Crippen LogP contribution >= 0.6 is 0 Å². The van der Waals surface area contributed by atoms with Gasteiger partial charge in [-0.2, -0.15) is 0 Å². The molecule has 0 heterocycles. The van der Waals surface area contributed by atoms with Gasteiger partial charge in [-0.25, -0.2) is 4.79 Å². The van der Waals surface area contributed by atoms with Crippen LogP contribution in [0.25, 0.3) is 0 Å². The second-order valence-electron chi connectivity index (χ2n) is 2.86. The third-order valence-electron chi connectivity index (χ3n) is 1.40. The summed E-state index contributed by atoms with van der Waals surface area (Å²) in [6.45, 7) is 4.42. The average molecular weight is 188 g/mol. The van der Waals surface area contributed by atoms with Gasteiger partial charge in [0.25, 0.3) is 0 Å². The molecule has 0 aromatic heterocycles. The van der Waals surface area contributed by atoms with E-state index >= 15 is 0 Å². The SMILES string of the molecule is COC(=O)NCCNC(=O)C(C)C. The van der Waals surface area contributed by atoms with Crippen LogP contribution in [0.15, 0.2) is 0 Å². The minimum absolute atomic E-state index is 0.0216. The predicted octanol–water partition coefficient (Wildman–Crippen LogP) is 0.115. The number of methoxy groups -OCH3 is 1. The maximum absolute atomic E-state index is 11.0. The normalized spacial score (nSPS) is 9.54. The van der Waals surface area contributed by atoms with Gasteiger partial charge in [0.2, 0.25) is 5.91 Å². The highest BCUT2D eigenvalue weighted by Crippen LogP contribution is 1.88. The molecule has 0 unspecified atom stereocenters. The quantitative estimate of drug-likeness (QED) is 0.615. The molecular formula is C8H16N2O3. The molecule has 0 atom stereocenters. The first kappa shape index (κ1) is 11.7. The zero-order valence-electron chi connectivity index (χ0n) is 8.22. The highest BCUT2D eigenvalue weighted by atomic mass is 16.5. The van der Waals surface area contributed by atoms with Gasteiger partial charge >= 0.3 is 6.09 Å². The first-order valence-electron chi connectivity index (χ1n) is 4.17. The molecule has 13 heavy (non-hydrogen) atoms. The molecule has 0 aliphatic heterocycles. The second-order valence-corrected chi connectivity index (χ2v) is 2.86. The van der Waals surface area contributed by atoms with Crippen LogP contribution in [0.3, 0.4) is 0 Å². The summed E-state index contributed by atoms with van der Waals surface area (Å²) in [7, 11) is 1.29. The Morgan fingerprint density at radius 1 is 1.23 bits per heavy atom. The van der Waals surface area contributed by atoms with Gasteiger partial charge in [0.1, 0.15) is 0 Å². The number of carbonyl (C=O) groups is 2. The van der Waals surface area contributed by atoms with Crippen molar-refractivity contribution in [1.82, 2.24) is 10.6 Å². The van der Waals surface area contributed by atoms with E-state index in [2.05, 4.69) is 15.4 Å². The maximum Gasteiger partial charge on any atom is 0.406 e. The van der Waals surface area contributed by atoms with E-state index in [0.717, 1.165) is 0 Å². The fraction of sp³-hybridized carbons (Fsp3) is 0.750. The van der Waals surface area contributed by atoms with E-state index < -0.39 is 6.09 Å². The van der Waals surface area contributed by atoms with Gasteiger partial charge in [0.05, 0.1) is 7.11 Å². The van der Waals surface area contributed by atoms with Gasteiger partial charge < -0.3 is 15.4 Å². The lowest BCUT2D eigenvalue weighted by atomic mass is 10.2. The number of carbonyl (C=O) groups excluding carboxylic acids is 2. The third kappa shape index (κ3) is 5.95. The number of rotatable bonds is 4. The Balaban J connectivity index is 3.36. The highest BCUT2D eigenvalue weighted by molar-refractivity contribution is 5.77. The van der Waals surface area contributed by atoms with Crippen molar-refractivity contribution in [2.75, 3.05) is 20.2 Å². The summed E-state index contributed by atoms with van der Waals surface area (Å²) < 4.78 is 4.34. The fourth-order valence-electron chi connectivity index (χ4n) is 0.627. The van der Waals surface area contributed by atoms with E-state index in [-0.39, 0.29) is 11.8 Å². The van der Waals surface area contributed by atoms with E-state index in [1.165, 1.54) is 7.11 Å². The van der Waals surface area contributed by atoms with E-state index in [4.69, 9.17) is 0 Å². The molecule has 0 rings (SSSR count).